The Bertz CT molecular complexity index is 709. The summed E-state index contributed by atoms with van der Waals surface area (Å²) in [5.41, 5.74) is 7.56. The molecule has 3 nitrogen and oxygen atoms in total. The minimum absolute atomic E-state index is 0.418. The smallest absolute Gasteiger partial charge is 0.140 e. The van der Waals surface area contributed by atoms with E-state index in [0.29, 0.717) is 23.9 Å². The minimum Gasteiger partial charge on any atom is -0.485 e. The quantitative estimate of drug-likeness (QED) is 0.793. The first kappa shape index (κ1) is 13.4. The molecular formula is C15H13ClN2OS. The zero-order valence-corrected chi connectivity index (χ0v) is 12.2. The van der Waals surface area contributed by atoms with Gasteiger partial charge in [0, 0.05) is 6.54 Å². The highest BCUT2D eigenvalue weighted by molar-refractivity contribution is 7.18. The maximum Gasteiger partial charge on any atom is 0.140 e. The van der Waals surface area contributed by atoms with Crippen LogP contribution >= 0.6 is 22.9 Å². The summed E-state index contributed by atoms with van der Waals surface area (Å²) in [6.45, 7) is 0.888. The lowest BCUT2D eigenvalue weighted by Crippen LogP contribution is -1.98. The van der Waals surface area contributed by atoms with Gasteiger partial charge >= 0.3 is 0 Å². The summed E-state index contributed by atoms with van der Waals surface area (Å²) in [4.78, 5) is 4.52. The molecule has 0 saturated heterocycles. The molecule has 0 atom stereocenters. The molecule has 102 valence electrons. The number of aromatic nitrogens is 1. The summed E-state index contributed by atoms with van der Waals surface area (Å²) in [5.74, 6) is 0.656. The molecule has 2 aromatic carbocycles. The van der Waals surface area contributed by atoms with Crippen molar-refractivity contribution < 1.29 is 4.74 Å². The fraction of sp³-hybridized carbons (Fsp3) is 0.133. The first-order valence-electron chi connectivity index (χ1n) is 6.22. The fourth-order valence-electron chi connectivity index (χ4n) is 1.91. The predicted molar refractivity (Wildman–Crippen MR) is 83.3 cm³/mol. The van der Waals surface area contributed by atoms with Gasteiger partial charge in [-0.3, -0.25) is 0 Å². The van der Waals surface area contributed by atoms with E-state index in [1.807, 2.05) is 36.4 Å². The van der Waals surface area contributed by atoms with Crippen molar-refractivity contribution in [2.45, 2.75) is 13.2 Å². The van der Waals surface area contributed by atoms with Crippen LogP contribution in [0.3, 0.4) is 0 Å². The highest BCUT2D eigenvalue weighted by Crippen LogP contribution is 2.28. The molecule has 0 aliphatic heterocycles. The maximum absolute atomic E-state index is 6.16. The van der Waals surface area contributed by atoms with Crippen LogP contribution in [0, 0.1) is 0 Å². The van der Waals surface area contributed by atoms with Crippen molar-refractivity contribution in [2.24, 2.45) is 5.73 Å². The van der Waals surface area contributed by atoms with E-state index in [-0.39, 0.29) is 0 Å². The molecule has 3 rings (SSSR count). The molecule has 0 unspecified atom stereocenters. The molecule has 5 heteroatoms. The molecule has 0 aliphatic carbocycles. The highest BCUT2D eigenvalue weighted by Gasteiger charge is 2.06. The van der Waals surface area contributed by atoms with Crippen molar-refractivity contribution >= 4 is 33.2 Å². The number of benzene rings is 2. The molecule has 1 heterocycles. The van der Waals surface area contributed by atoms with E-state index in [0.717, 1.165) is 20.8 Å². The third-order valence-corrected chi connectivity index (χ3v) is 4.23. The summed E-state index contributed by atoms with van der Waals surface area (Å²) in [5, 5.41) is 1.51. The molecule has 0 radical (unpaired) electrons. The SMILES string of the molecule is NCc1ccc(OCc2nc3ccccc3s2)c(Cl)c1. The van der Waals surface area contributed by atoms with Crippen molar-refractivity contribution in [3.8, 4) is 5.75 Å². The molecule has 0 aliphatic rings. The Morgan fingerprint density at radius 3 is 2.80 bits per heavy atom. The Labute approximate surface area is 126 Å². The first-order chi connectivity index (χ1) is 9.76. The van der Waals surface area contributed by atoms with Crippen LogP contribution in [0.25, 0.3) is 10.2 Å². The summed E-state index contributed by atoms with van der Waals surface area (Å²) >= 11 is 7.79. The van der Waals surface area contributed by atoms with Gasteiger partial charge in [-0.2, -0.15) is 0 Å². The number of rotatable bonds is 4. The topological polar surface area (TPSA) is 48.1 Å². The van der Waals surface area contributed by atoms with E-state index in [9.17, 15) is 0 Å². The molecule has 0 bridgehead atoms. The van der Waals surface area contributed by atoms with Gasteiger partial charge in [0.1, 0.15) is 17.4 Å². The zero-order chi connectivity index (χ0) is 13.9. The van der Waals surface area contributed by atoms with Crippen LogP contribution in [0.15, 0.2) is 42.5 Å². The highest BCUT2D eigenvalue weighted by atomic mass is 35.5. The average Bonchev–Trinajstić information content (AvgIpc) is 2.88. The molecule has 0 saturated carbocycles. The van der Waals surface area contributed by atoms with Gasteiger partial charge in [0.2, 0.25) is 0 Å². The number of para-hydroxylation sites is 1. The molecule has 20 heavy (non-hydrogen) atoms. The lowest BCUT2D eigenvalue weighted by Gasteiger charge is -2.07. The number of nitrogens with zero attached hydrogens (tertiary/aromatic N) is 1. The van der Waals surface area contributed by atoms with E-state index in [1.54, 1.807) is 11.3 Å². The number of fused-ring (bicyclic) bond motifs is 1. The van der Waals surface area contributed by atoms with Gasteiger partial charge in [-0.1, -0.05) is 29.8 Å². The normalized spacial score (nSPS) is 10.9. The summed E-state index contributed by atoms with van der Waals surface area (Å²) in [7, 11) is 0. The van der Waals surface area contributed by atoms with Crippen LogP contribution in [-0.4, -0.2) is 4.98 Å². The number of hydrogen-bond acceptors (Lipinski definition) is 4. The van der Waals surface area contributed by atoms with E-state index >= 15 is 0 Å². The van der Waals surface area contributed by atoms with Gasteiger partial charge in [0.15, 0.2) is 0 Å². The lowest BCUT2D eigenvalue weighted by atomic mass is 10.2. The van der Waals surface area contributed by atoms with E-state index in [1.165, 1.54) is 0 Å². The minimum atomic E-state index is 0.418. The third kappa shape index (κ3) is 2.77. The number of halogens is 1. The van der Waals surface area contributed by atoms with Crippen LogP contribution in [0.4, 0.5) is 0 Å². The van der Waals surface area contributed by atoms with Crippen LogP contribution in [0.5, 0.6) is 5.75 Å². The lowest BCUT2D eigenvalue weighted by molar-refractivity contribution is 0.306. The Balaban J connectivity index is 1.75. The summed E-state index contributed by atoms with van der Waals surface area (Å²) in [6, 6.07) is 13.6. The second-order valence-electron chi connectivity index (χ2n) is 4.33. The van der Waals surface area contributed by atoms with E-state index in [4.69, 9.17) is 22.1 Å². The van der Waals surface area contributed by atoms with Crippen LogP contribution in [0.1, 0.15) is 10.6 Å². The van der Waals surface area contributed by atoms with Crippen LogP contribution in [0.2, 0.25) is 5.02 Å². The Morgan fingerprint density at radius 1 is 1.20 bits per heavy atom. The van der Waals surface area contributed by atoms with Crippen molar-refractivity contribution in [3.05, 3.63) is 58.1 Å². The number of nitrogens with two attached hydrogens (primary N) is 1. The van der Waals surface area contributed by atoms with Gasteiger partial charge in [-0.05, 0) is 29.8 Å². The Kier molecular flexibility index (Phi) is 3.87. The molecule has 3 aromatic rings. The number of thiazole rings is 1. The van der Waals surface area contributed by atoms with Gasteiger partial charge in [0.05, 0.1) is 15.2 Å². The Morgan fingerprint density at radius 2 is 2.05 bits per heavy atom. The molecule has 0 fully saturated rings. The molecule has 1 aromatic heterocycles. The monoisotopic (exact) mass is 304 g/mol. The van der Waals surface area contributed by atoms with E-state index in [2.05, 4.69) is 11.1 Å². The van der Waals surface area contributed by atoms with Gasteiger partial charge in [-0.25, -0.2) is 4.98 Å². The van der Waals surface area contributed by atoms with Crippen molar-refractivity contribution in [1.29, 1.82) is 0 Å². The van der Waals surface area contributed by atoms with E-state index < -0.39 is 0 Å². The summed E-state index contributed by atoms with van der Waals surface area (Å²) in [6.07, 6.45) is 0. The predicted octanol–water partition coefficient (Wildman–Crippen LogP) is 3.99. The van der Waals surface area contributed by atoms with Gasteiger partial charge in [-0.15, -0.1) is 11.3 Å². The average molecular weight is 305 g/mol. The van der Waals surface area contributed by atoms with Crippen LogP contribution < -0.4 is 10.5 Å². The summed E-state index contributed by atoms with van der Waals surface area (Å²) < 4.78 is 6.89. The number of hydrogen-bond donors (Lipinski definition) is 1. The second-order valence-corrected chi connectivity index (χ2v) is 5.86. The zero-order valence-electron chi connectivity index (χ0n) is 10.7. The largest absolute Gasteiger partial charge is 0.485 e. The van der Waals surface area contributed by atoms with Gasteiger partial charge < -0.3 is 10.5 Å². The fourth-order valence-corrected chi connectivity index (χ4v) is 3.05. The van der Waals surface area contributed by atoms with Crippen molar-refractivity contribution in [3.63, 3.8) is 0 Å². The Hall–Kier alpha value is -1.62. The standard InChI is InChI=1S/C15H13ClN2OS/c16-11-7-10(8-17)5-6-13(11)19-9-15-18-12-3-1-2-4-14(12)20-15/h1-7H,8-9,17H2. The van der Waals surface area contributed by atoms with Crippen LogP contribution in [-0.2, 0) is 13.2 Å². The maximum atomic E-state index is 6.16. The second kappa shape index (κ2) is 5.79. The molecule has 0 spiro atoms. The van der Waals surface area contributed by atoms with Crippen molar-refractivity contribution in [2.75, 3.05) is 0 Å². The molecule has 0 amide bonds. The first-order valence-corrected chi connectivity index (χ1v) is 7.41. The number of ether oxygens (including phenoxy) is 1. The van der Waals surface area contributed by atoms with Crippen molar-refractivity contribution in [1.82, 2.24) is 4.98 Å². The van der Waals surface area contributed by atoms with Gasteiger partial charge in [0.25, 0.3) is 0 Å². The molecular weight excluding hydrogens is 292 g/mol. The third-order valence-electron chi connectivity index (χ3n) is 2.92. The molecule has 2 N–H and O–H groups in total.